The van der Waals surface area contributed by atoms with Gasteiger partial charge >= 0.3 is 5.69 Å². The number of aryl methyl sites for hydroxylation is 1. The molecule has 3 heterocycles. The highest BCUT2D eigenvalue weighted by Crippen LogP contribution is 2.31. The lowest BCUT2D eigenvalue weighted by Crippen LogP contribution is -2.25. The van der Waals surface area contributed by atoms with E-state index in [1.54, 1.807) is 42.3 Å². The number of hydrogen-bond acceptors (Lipinski definition) is 6. The van der Waals surface area contributed by atoms with Gasteiger partial charge in [0.25, 0.3) is 0 Å². The third-order valence-electron chi connectivity index (χ3n) is 6.27. The van der Waals surface area contributed by atoms with E-state index in [0.717, 1.165) is 47.2 Å². The second kappa shape index (κ2) is 10.8. The molecule has 37 heavy (non-hydrogen) atoms. The maximum Gasteiger partial charge on any atom is 0.333 e. The Morgan fingerprint density at radius 3 is 2.65 bits per heavy atom. The van der Waals surface area contributed by atoms with Gasteiger partial charge in [-0.15, -0.1) is 10.2 Å². The Morgan fingerprint density at radius 2 is 1.92 bits per heavy atom. The standard InChI is InChI=1S/C27H26ClN7O2/c1-3-4-6-20-17-35(25-23(28)7-5-8-24(25)37-2)27(36)34(20)16-18-9-11-19(12-10-18)21-13-14-29-15-22(21)26-30-32-33-31-26/h5,7-15,17H,3-4,6,16H2,1-2H3,(H,30,31,32,33). The van der Waals surface area contributed by atoms with Crippen molar-refractivity contribution >= 4 is 11.6 Å². The van der Waals surface area contributed by atoms with Gasteiger partial charge in [0.2, 0.25) is 5.82 Å². The van der Waals surface area contributed by atoms with Crippen LogP contribution in [0.25, 0.3) is 28.2 Å². The number of unbranched alkanes of at least 4 members (excludes halogenated alkanes) is 1. The van der Waals surface area contributed by atoms with Crippen LogP contribution in [0.5, 0.6) is 5.75 Å². The van der Waals surface area contributed by atoms with E-state index in [2.05, 4.69) is 32.5 Å². The third kappa shape index (κ3) is 4.90. The minimum absolute atomic E-state index is 0.157. The Labute approximate surface area is 218 Å². The SMILES string of the molecule is CCCCc1cn(-c2c(Cl)cccc2OC)c(=O)n1Cc1ccc(-c2ccncc2-c2nn[nH]n2)cc1. The van der Waals surface area contributed by atoms with Crippen LogP contribution in [0.1, 0.15) is 31.0 Å². The molecule has 0 amide bonds. The van der Waals surface area contributed by atoms with E-state index in [0.29, 0.717) is 28.8 Å². The van der Waals surface area contributed by atoms with Gasteiger partial charge in [-0.2, -0.15) is 5.21 Å². The maximum atomic E-state index is 13.6. The van der Waals surface area contributed by atoms with Crippen LogP contribution in [0.15, 0.2) is 71.9 Å². The van der Waals surface area contributed by atoms with Gasteiger partial charge in [0.05, 0.1) is 18.7 Å². The highest BCUT2D eigenvalue weighted by molar-refractivity contribution is 6.32. The monoisotopic (exact) mass is 515 g/mol. The lowest BCUT2D eigenvalue weighted by Gasteiger charge is -2.11. The topological polar surface area (TPSA) is 104 Å². The van der Waals surface area contributed by atoms with Gasteiger partial charge in [0.15, 0.2) is 0 Å². The fourth-order valence-electron chi connectivity index (χ4n) is 4.38. The van der Waals surface area contributed by atoms with E-state index in [1.807, 2.05) is 41.1 Å². The molecule has 5 aromatic rings. The first kappa shape index (κ1) is 24.5. The second-order valence-corrected chi connectivity index (χ2v) is 9.01. The van der Waals surface area contributed by atoms with Gasteiger partial charge in [0.1, 0.15) is 11.4 Å². The molecule has 5 rings (SSSR count). The van der Waals surface area contributed by atoms with E-state index >= 15 is 0 Å². The number of H-pyrrole nitrogens is 1. The van der Waals surface area contributed by atoms with Gasteiger partial charge in [-0.1, -0.05) is 55.3 Å². The van der Waals surface area contributed by atoms with Crippen molar-refractivity contribution in [2.75, 3.05) is 7.11 Å². The van der Waals surface area contributed by atoms with Crippen molar-refractivity contribution in [2.24, 2.45) is 0 Å². The summed E-state index contributed by atoms with van der Waals surface area (Å²) in [5.41, 5.74) is 5.07. The number of imidazole rings is 1. The Morgan fingerprint density at radius 1 is 1.08 bits per heavy atom. The highest BCUT2D eigenvalue weighted by atomic mass is 35.5. The lowest BCUT2D eigenvalue weighted by atomic mass is 10.00. The smallest absolute Gasteiger partial charge is 0.333 e. The molecule has 188 valence electrons. The van der Waals surface area contributed by atoms with Crippen LogP contribution in [-0.4, -0.2) is 41.9 Å². The van der Waals surface area contributed by atoms with Gasteiger partial charge in [-0.25, -0.2) is 4.79 Å². The molecular formula is C27H26ClN7O2. The van der Waals surface area contributed by atoms with Crippen molar-refractivity contribution in [2.45, 2.75) is 32.7 Å². The number of hydrogen-bond donors (Lipinski definition) is 1. The van der Waals surface area contributed by atoms with E-state index in [9.17, 15) is 4.79 Å². The number of benzene rings is 2. The zero-order valence-corrected chi connectivity index (χ0v) is 21.3. The molecule has 3 aromatic heterocycles. The zero-order valence-electron chi connectivity index (χ0n) is 20.6. The number of methoxy groups -OCH3 is 1. The molecule has 0 aliphatic heterocycles. The summed E-state index contributed by atoms with van der Waals surface area (Å²) in [7, 11) is 1.57. The number of pyridine rings is 1. The molecule has 0 unspecified atom stereocenters. The first-order valence-corrected chi connectivity index (χ1v) is 12.4. The minimum atomic E-state index is -0.157. The van der Waals surface area contributed by atoms with E-state index in [4.69, 9.17) is 16.3 Å². The van der Waals surface area contributed by atoms with Crippen LogP contribution >= 0.6 is 11.6 Å². The quantitative estimate of drug-likeness (QED) is 0.298. The molecule has 0 aliphatic carbocycles. The van der Waals surface area contributed by atoms with Crippen LogP contribution in [0.2, 0.25) is 5.02 Å². The number of nitrogens with zero attached hydrogens (tertiary/aromatic N) is 6. The number of para-hydroxylation sites is 1. The molecule has 0 aliphatic rings. The minimum Gasteiger partial charge on any atom is -0.494 e. The van der Waals surface area contributed by atoms with Gasteiger partial charge in [-0.05, 0) is 52.9 Å². The second-order valence-electron chi connectivity index (χ2n) is 8.61. The van der Waals surface area contributed by atoms with E-state index in [-0.39, 0.29) is 5.69 Å². The normalized spacial score (nSPS) is 11.1. The summed E-state index contributed by atoms with van der Waals surface area (Å²) in [6, 6.07) is 15.4. The summed E-state index contributed by atoms with van der Waals surface area (Å²) in [5, 5.41) is 14.8. The van der Waals surface area contributed by atoms with Crippen molar-refractivity contribution in [1.82, 2.24) is 34.7 Å². The number of aromatic amines is 1. The van der Waals surface area contributed by atoms with Crippen molar-refractivity contribution in [1.29, 1.82) is 0 Å². The Balaban J connectivity index is 1.50. The number of halogens is 1. The Kier molecular flexibility index (Phi) is 7.14. The Hall–Kier alpha value is -4.24. The fourth-order valence-corrected chi connectivity index (χ4v) is 4.64. The van der Waals surface area contributed by atoms with Crippen molar-refractivity contribution in [3.05, 3.63) is 93.9 Å². The number of aromatic nitrogens is 7. The largest absolute Gasteiger partial charge is 0.494 e. The molecule has 9 nitrogen and oxygen atoms in total. The summed E-state index contributed by atoms with van der Waals surface area (Å²) in [4.78, 5) is 17.8. The number of rotatable bonds is 9. The average molecular weight is 516 g/mol. The van der Waals surface area contributed by atoms with Crippen LogP contribution in [0.4, 0.5) is 0 Å². The number of tetrazole rings is 1. The molecule has 0 atom stereocenters. The van der Waals surface area contributed by atoms with E-state index < -0.39 is 0 Å². The van der Waals surface area contributed by atoms with Crippen molar-refractivity contribution in [3.8, 4) is 34.0 Å². The lowest BCUT2D eigenvalue weighted by molar-refractivity contribution is 0.412. The summed E-state index contributed by atoms with van der Waals surface area (Å²) < 4.78 is 8.91. The maximum absolute atomic E-state index is 13.6. The van der Waals surface area contributed by atoms with Crippen LogP contribution in [0.3, 0.4) is 0 Å². The summed E-state index contributed by atoms with van der Waals surface area (Å²) in [6.45, 7) is 2.57. The first-order valence-electron chi connectivity index (χ1n) is 12.0. The molecule has 0 spiro atoms. The first-order chi connectivity index (χ1) is 18.1. The molecule has 0 saturated carbocycles. The zero-order chi connectivity index (χ0) is 25.8. The van der Waals surface area contributed by atoms with Gasteiger partial charge in [-0.3, -0.25) is 14.1 Å². The summed E-state index contributed by atoms with van der Waals surface area (Å²) in [6.07, 6.45) is 8.12. The van der Waals surface area contributed by atoms with Crippen LogP contribution in [-0.2, 0) is 13.0 Å². The predicted octanol–water partition coefficient (Wildman–Crippen LogP) is 4.93. The number of nitrogens with one attached hydrogen (secondary N) is 1. The van der Waals surface area contributed by atoms with E-state index in [1.165, 1.54) is 0 Å². The molecule has 0 saturated heterocycles. The van der Waals surface area contributed by atoms with Crippen molar-refractivity contribution < 1.29 is 4.74 Å². The predicted molar refractivity (Wildman–Crippen MR) is 142 cm³/mol. The fraction of sp³-hybridized carbons (Fsp3) is 0.222. The number of ether oxygens (including phenoxy) is 1. The Bertz CT molecular complexity index is 1560. The molecular weight excluding hydrogens is 490 g/mol. The highest BCUT2D eigenvalue weighted by Gasteiger charge is 2.18. The summed E-state index contributed by atoms with van der Waals surface area (Å²) in [5.74, 6) is 1.03. The molecule has 10 heteroatoms. The average Bonchev–Trinajstić information content (AvgIpc) is 3.57. The third-order valence-corrected chi connectivity index (χ3v) is 6.58. The molecule has 0 radical (unpaired) electrons. The van der Waals surface area contributed by atoms with Crippen molar-refractivity contribution in [3.63, 3.8) is 0 Å². The molecule has 1 N–H and O–H groups in total. The van der Waals surface area contributed by atoms with Gasteiger partial charge in [0, 0.05) is 29.8 Å². The van der Waals surface area contributed by atoms with Crippen LogP contribution < -0.4 is 10.4 Å². The van der Waals surface area contributed by atoms with Gasteiger partial charge < -0.3 is 4.74 Å². The molecule has 2 aromatic carbocycles. The summed E-state index contributed by atoms with van der Waals surface area (Å²) >= 11 is 6.50. The molecule has 0 bridgehead atoms. The van der Waals surface area contributed by atoms with Crippen LogP contribution in [0, 0.1) is 0 Å². The molecule has 0 fully saturated rings.